The molecule has 0 saturated carbocycles. The highest BCUT2D eigenvalue weighted by Crippen LogP contribution is 2.38. The number of carbonyl (C=O) groups is 1. The van der Waals surface area contributed by atoms with E-state index < -0.39 is 40.0 Å². The maximum absolute atomic E-state index is 14.4. The number of alkyl halides is 3. The maximum Gasteiger partial charge on any atom is 0.416 e. The van der Waals surface area contributed by atoms with Crippen molar-refractivity contribution in [1.82, 2.24) is 0 Å². The molecule has 198 valence electrons. The van der Waals surface area contributed by atoms with E-state index in [-0.39, 0.29) is 39.0 Å². The van der Waals surface area contributed by atoms with Gasteiger partial charge in [-0.05, 0) is 30.3 Å². The lowest BCUT2D eigenvalue weighted by Crippen LogP contribution is -2.32. The number of carbonyl (C=O) groups excluding carboxylic acids is 1. The molecule has 0 spiro atoms. The lowest BCUT2D eigenvalue weighted by Gasteiger charge is -2.26. The minimum absolute atomic E-state index is 0.00925. The molecule has 0 radical (unpaired) electrons. The van der Waals surface area contributed by atoms with Crippen LogP contribution < -0.4 is 19.1 Å². The molecule has 3 aromatic carbocycles. The van der Waals surface area contributed by atoms with Crippen molar-refractivity contribution in [2.45, 2.75) is 12.7 Å². The fraction of sp³-hybridized carbons (Fsp3) is 0.208. The molecular formula is C24H21ClF4N2O5S. The van der Waals surface area contributed by atoms with Gasteiger partial charge in [0.1, 0.15) is 5.82 Å². The Morgan fingerprint density at radius 3 is 2.22 bits per heavy atom. The number of amides is 1. The van der Waals surface area contributed by atoms with E-state index in [1.807, 2.05) is 0 Å². The smallest absolute Gasteiger partial charge is 0.416 e. The first-order valence-corrected chi connectivity index (χ1v) is 12.6. The number of methoxy groups -OCH3 is 2. The van der Waals surface area contributed by atoms with Crippen molar-refractivity contribution in [2.24, 2.45) is 0 Å². The molecule has 1 N–H and O–H groups in total. The maximum atomic E-state index is 14.4. The van der Waals surface area contributed by atoms with Crippen molar-refractivity contribution in [2.75, 3.05) is 30.1 Å². The molecule has 37 heavy (non-hydrogen) atoms. The monoisotopic (exact) mass is 560 g/mol. The molecule has 0 heterocycles. The number of hydrogen-bond acceptors (Lipinski definition) is 5. The van der Waals surface area contributed by atoms with Crippen LogP contribution in [0.2, 0.25) is 5.02 Å². The summed E-state index contributed by atoms with van der Waals surface area (Å²) < 4.78 is 90.8. The van der Waals surface area contributed by atoms with Crippen LogP contribution in [0.1, 0.15) is 21.5 Å². The van der Waals surface area contributed by atoms with E-state index in [1.54, 1.807) is 0 Å². The van der Waals surface area contributed by atoms with Crippen LogP contribution in [0.3, 0.4) is 0 Å². The van der Waals surface area contributed by atoms with Crippen LogP contribution in [-0.2, 0) is 22.7 Å². The zero-order chi connectivity index (χ0) is 27.5. The zero-order valence-corrected chi connectivity index (χ0v) is 21.3. The molecule has 3 rings (SSSR count). The lowest BCUT2D eigenvalue weighted by atomic mass is 10.1. The second kappa shape index (κ2) is 10.9. The van der Waals surface area contributed by atoms with Crippen molar-refractivity contribution in [3.63, 3.8) is 0 Å². The average Bonchev–Trinajstić information content (AvgIpc) is 2.82. The third-order valence-corrected chi connectivity index (χ3v) is 6.69. The van der Waals surface area contributed by atoms with Gasteiger partial charge in [0, 0.05) is 11.6 Å². The first-order valence-electron chi connectivity index (χ1n) is 10.4. The Morgan fingerprint density at radius 2 is 1.65 bits per heavy atom. The molecule has 0 aliphatic carbocycles. The number of anilines is 2. The molecule has 0 bridgehead atoms. The summed E-state index contributed by atoms with van der Waals surface area (Å²) >= 11 is 6.01. The van der Waals surface area contributed by atoms with Crippen LogP contribution in [0.4, 0.5) is 28.9 Å². The Morgan fingerprint density at radius 1 is 1.03 bits per heavy atom. The Labute approximate surface area is 215 Å². The summed E-state index contributed by atoms with van der Waals surface area (Å²) in [7, 11) is -1.57. The van der Waals surface area contributed by atoms with E-state index in [0.717, 1.165) is 34.8 Å². The summed E-state index contributed by atoms with van der Waals surface area (Å²) in [5.41, 5.74) is -1.95. The van der Waals surface area contributed by atoms with Gasteiger partial charge in [0.2, 0.25) is 10.0 Å². The number of ether oxygens (including phenoxy) is 2. The van der Waals surface area contributed by atoms with Crippen LogP contribution in [-0.4, -0.2) is 34.8 Å². The summed E-state index contributed by atoms with van der Waals surface area (Å²) in [5, 5.41) is 2.10. The van der Waals surface area contributed by atoms with E-state index in [1.165, 1.54) is 38.5 Å². The Bertz CT molecular complexity index is 1430. The Hall–Kier alpha value is -3.51. The number of nitrogens with one attached hydrogen (secondary N) is 1. The van der Waals surface area contributed by atoms with Crippen LogP contribution in [0.25, 0.3) is 0 Å². The number of sulfonamides is 1. The molecule has 13 heteroatoms. The first kappa shape index (κ1) is 28.1. The van der Waals surface area contributed by atoms with Gasteiger partial charge in [-0.3, -0.25) is 9.10 Å². The molecule has 0 aromatic heterocycles. The third kappa shape index (κ3) is 6.44. The van der Waals surface area contributed by atoms with Crippen LogP contribution in [0, 0.1) is 5.82 Å². The van der Waals surface area contributed by atoms with E-state index >= 15 is 0 Å². The van der Waals surface area contributed by atoms with Gasteiger partial charge >= 0.3 is 6.18 Å². The van der Waals surface area contributed by atoms with Gasteiger partial charge in [-0.1, -0.05) is 29.8 Å². The first-order chi connectivity index (χ1) is 17.3. The molecule has 0 aliphatic heterocycles. The molecule has 0 aliphatic rings. The van der Waals surface area contributed by atoms with Crippen LogP contribution in [0.15, 0.2) is 54.6 Å². The van der Waals surface area contributed by atoms with Crippen LogP contribution in [0.5, 0.6) is 11.5 Å². The Kier molecular flexibility index (Phi) is 8.23. The van der Waals surface area contributed by atoms with E-state index in [4.69, 9.17) is 21.1 Å². The minimum Gasteiger partial charge on any atom is -0.493 e. The van der Waals surface area contributed by atoms with Gasteiger partial charge in [0.15, 0.2) is 11.5 Å². The standard InChI is InChI=1S/C24H21ClF4N2O5S/c1-35-21-11-16(23(32)30-19-10-15(24(27,28)29)8-9-17(19)25)20(12-22(21)36-2)31(37(3,33)34)13-14-6-4-5-7-18(14)26/h4-12H,13H2,1-3H3,(H,30,32). The van der Waals surface area contributed by atoms with Gasteiger partial charge in [-0.2, -0.15) is 13.2 Å². The van der Waals surface area contributed by atoms with Gasteiger partial charge in [-0.25, -0.2) is 12.8 Å². The van der Waals surface area contributed by atoms with E-state index in [0.29, 0.717) is 6.07 Å². The molecular weight excluding hydrogens is 540 g/mol. The fourth-order valence-electron chi connectivity index (χ4n) is 3.41. The highest BCUT2D eigenvalue weighted by atomic mass is 35.5. The quantitative estimate of drug-likeness (QED) is 0.356. The number of nitrogens with zero attached hydrogens (tertiary/aromatic N) is 1. The van der Waals surface area contributed by atoms with Crippen molar-refractivity contribution in [3.05, 3.63) is 82.1 Å². The summed E-state index contributed by atoms with van der Waals surface area (Å²) in [5.74, 6) is -1.60. The highest BCUT2D eigenvalue weighted by molar-refractivity contribution is 7.92. The normalized spacial score (nSPS) is 11.7. The SMILES string of the molecule is COc1cc(C(=O)Nc2cc(C(F)(F)F)ccc2Cl)c(N(Cc2ccccc2F)S(C)(=O)=O)cc1OC. The topological polar surface area (TPSA) is 84.9 Å². The molecule has 0 unspecified atom stereocenters. The van der Waals surface area contributed by atoms with E-state index in [2.05, 4.69) is 5.32 Å². The predicted octanol–water partition coefficient (Wildman–Crippen LogP) is 5.73. The molecule has 1 amide bonds. The van der Waals surface area contributed by atoms with E-state index in [9.17, 15) is 30.8 Å². The number of benzene rings is 3. The lowest BCUT2D eigenvalue weighted by molar-refractivity contribution is -0.137. The van der Waals surface area contributed by atoms with Crippen molar-refractivity contribution in [1.29, 1.82) is 0 Å². The molecule has 3 aromatic rings. The zero-order valence-electron chi connectivity index (χ0n) is 19.7. The molecule has 0 saturated heterocycles. The highest BCUT2D eigenvalue weighted by Gasteiger charge is 2.32. The molecule has 7 nitrogen and oxygen atoms in total. The van der Waals surface area contributed by atoms with Gasteiger partial charge in [-0.15, -0.1) is 0 Å². The predicted molar refractivity (Wildman–Crippen MR) is 131 cm³/mol. The third-order valence-electron chi connectivity index (χ3n) is 5.23. The molecule has 0 fully saturated rings. The largest absolute Gasteiger partial charge is 0.493 e. The number of hydrogen-bond donors (Lipinski definition) is 1. The van der Waals surface area contributed by atoms with Gasteiger partial charge < -0.3 is 14.8 Å². The summed E-state index contributed by atoms with van der Waals surface area (Å²) in [4.78, 5) is 13.3. The minimum atomic E-state index is -4.70. The summed E-state index contributed by atoms with van der Waals surface area (Å²) in [6.07, 6.45) is -3.85. The number of rotatable bonds is 8. The fourth-order valence-corrected chi connectivity index (χ4v) is 4.45. The van der Waals surface area contributed by atoms with Crippen molar-refractivity contribution in [3.8, 4) is 11.5 Å². The summed E-state index contributed by atoms with van der Waals surface area (Å²) in [6.45, 7) is -0.494. The van der Waals surface area contributed by atoms with Gasteiger partial charge in [0.25, 0.3) is 5.91 Å². The van der Waals surface area contributed by atoms with Crippen molar-refractivity contribution >= 4 is 38.9 Å². The van der Waals surface area contributed by atoms with Crippen molar-refractivity contribution < 1.29 is 40.2 Å². The average molecular weight is 561 g/mol. The van der Waals surface area contributed by atoms with Crippen LogP contribution >= 0.6 is 11.6 Å². The number of halogens is 5. The summed E-state index contributed by atoms with van der Waals surface area (Å²) in [6, 6.07) is 10.2. The second-order valence-corrected chi connectivity index (χ2v) is 10.0. The Balaban J connectivity index is 2.17. The molecule has 0 atom stereocenters. The second-order valence-electron chi connectivity index (χ2n) is 7.73. The van der Waals surface area contributed by atoms with Gasteiger partial charge in [0.05, 0.1) is 54.5 Å².